The highest BCUT2D eigenvalue weighted by Crippen LogP contribution is 2.20. The lowest BCUT2D eigenvalue weighted by Gasteiger charge is -2.24. The summed E-state index contributed by atoms with van der Waals surface area (Å²) in [6.45, 7) is 5.27. The van der Waals surface area contributed by atoms with Crippen LogP contribution in [0.4, 0.5) is 0 Å². The molecule has 0 N–H and O–H groups in total. The molecule has 0 unspecified atom stereocenters. The number of benzene rings is 1. The first-order chi connectivity index (χ1) is 10.9. The van der Waals surface area contributed by atoms with Crippen LogP contribution in [0, 0.1) is 5.92 Å². The molecule has 124 valence electrons. The highest BCUT2D eigenvalue weighted by Gasteiger charge is 2.22. The summed E-state index contributed by atoms with van der Waals surface area (Å²) in [5.74, 6) is 0.953. The molecule has 0 radical (unpaired) electrons. The molecule has 0 fully saturated rings. The van der Waals surface area contributed by atoms with Crippen LogP contribution in [0.2, 0.25) is 5.02 Å². The van der Waals surface area contributed by atoms with Crippen LogP contribution in [0.1, 0.15) is 29.9 Å². The SMILES string of the molecule is COc1cccc(CN(CC(C)C)C(=O)c2nn(C)cc2Cl)c1. The standard InChI is InChI=1S/C17H22ClN3O2/c1-12(2)9-21(10-13-6-5-7-14(8-13)23-4)17(22)16-15(18)11-20(3)19-16/h5-8,11-12H,9-10H2,1-4H3. The molecular formula is C17H22ClN3O2. The Morgan fingerprint density at radius 3 is 2.74 bits per heavy atom. The van der Waals surface area contributed by atoms with E-state index in [2.05, 4.69) is 18.9 Å². The minimum atomic E-state index is -0.160. The second-order valence-electron chi connectivity index (χ2n) is 5.93. The number of halogens is 1. The van der Waals surface area contributed by atoms with Crippen LogP contribution in [0.3, 0.4) is 0 Å². The van der Waals surface area contributed by atoms with E-state index < -0.39 is 0 Å². The van der Waals surface area contributed by atoms with Crippen molar-refractivity contribution in [3.63, 3.8) is 0 Å². The van der Waals surface area contributed by atoms with E-state index in [1.165, 1.54) is 0 Å². The van der Waals surface area contributed by atoms with Crippen LogP contribution in [0.15, 0.2) is 30.5 Å². The first-order valence-electron chi connectivity index (χ1n) is 7.52. The molecule has 0 atom stereocenters. The third-order valence-electron chi connectivity index (χ3n) is 3.37. The van der Waals surface area contributed by atoms with Gasteiger partial charge in [0.1, 0.15) is 5.75 Å². The number of carbonyl (C=O) groups is 1. The zero-order valence-electron chi connectivity index (χ0n) is 13.9. The molecule has 2 rings (SSSR count). The molecule has 0 saturated carbocycles. The van der Waals surface area contributed by atoms with Crippen molar-refractivity contribution in [1.29, 1.82) is 0 Å². The minimum absolute atomic E-state index is 0.160. The minimum Gasteiger partial charge on any atom is -0.497 e. The Bertz CT molecular complexity index is 682. The molecule has 5 nitrogen and oxygen atoms in total. The second-order valence-corrected chi connectivity index (χ2v) is 6.34. The number of aryl methyl sites for hydroxylation is 1. The van der Waals surface area contributed by atoms with E-state index >= 15 is 0 Å². The summed E-state index contributed by atoms with van der Waals surface area (Å²) in [5.41, 5.74) is 1.29. The van der Waals surface area contributed by atoms with Gasteiger partial charge in [0, 0.05) is 26.3 Å². The van der Waals surface area contributed by atoms with Crippen LogP contribution in [0.25, 0.3) is 0 Å². The fraction of sp³-hybridized carbons (Fsp3) is 0.412. The molecule has 1 aromatic carbocycles. The maximum atomic E-state index is 12.8. The van der Waals surface area contributed by atoms with Crippen LogP contribution in [-0.2, 0) is 13.6 Å². The molecule has 0 bridgehead atoms. The van der Waals surface area contributed by atoms with E-state index in [0.29, 0.717) is 24.0 Å². The van der Waals surface area contributed by atoms with E-state index in [1.54, 1.807) is 29.9 Å². The molecule has 1 heterocycles. The van der Waals surface area contributed by atoms with E-state index in [4.69, 9.17) is 16.3 Å². The molecule has 23 heavy (non-hydrogen) atoms. The lowest BCUT2D eigenvalue weighted by atomic mass is 10.1. The number of rotatable bonds is 6. The van der Waals surface area contributed by atoms with E-state index in [0.717, 1.165) is 11.3 Å². The number of aromatic nitrogens is 2. The second kappa shape index (κ2) is 7.51. The van der Waals surface area contributed by atoms with Crippen molar-refractivity contribution in [3.8, 4) is 5.75 Å². The summed E-state index contributed by atoms with van der Waals surface area (Å²) < 4.78 is 6.80. The Balaban J connectivity index is 2.25. The summed E-state index contributed by atoms with van der Waals surface area (Å²) in [5, 5.41) is 4.55. The number of ether oxygens (including phenoxy) is 1. The molecule has 0 aliphatic heterocycles. The Morgan fingerprint density at radius 1 is 1.43 bits per heavy atom. The number of carbonyl (C=O) groups excluding carboxylic acids is 1. The average molecular weight is 336 g/mol. The molecule has 2 aromatic rings. The van der Waals surface area contributed by atoms with Crippen molar-refractivity contribution in [3.05, 3.63) is 46.7 Å². The van der Waals surface area contributed by atoms with Crippen molar-refractivity contribution < 1.29 is 9.53 Å². The highest BCUT2D eigenvalue weighted by atomic mass is 35.5. The lowest BCUT2D eigenvalue weighted by Crippen LogP contribution is -2.34. The van der Waals surface area contributed by atoms with Gasteiger partial charge in [0.05, 0.1) is 12.1 Å². The third kappa shape index (κ3) is 4.48. The van der Waals surface area contributed by atoms with E-state index in [1.807, 2.05) is 24.3 Å². The predicted molar refractivity (Wildman–Crippen MR) is 90.8 cm³/mol. The van der Waals surface area contributed by atoms with Gasteiger partial charge in [-0.15, -0.1) is 0 Å². The van der Waals surface area contributed by atoms with Gasteiger partial charge in [0.25, 0.3) is 5.91 Å². The van der Waals surface area contributed by atoms with Crippen molar-refractivity contribution in [2.75, 3.05) is 13.7 Å². The maximum Gasteiger partial charge on any atom is 0.276 e. The van der Waals surface area contributed by atoms with Gasteiger partial charge in [-0.3, -0.25) is 9.48 Å². The Hall–Kier alpha value is -2.01. The van der Waals surface area contributed by atoms with Gasteiger partial charge in [0.2, 0.25) is 0 Å². The topological polar surface area (TPSA) is 47.4 Å². The van der Waals surface area contributed by atoms with Gasteiger partial charge < -0.3 is 9.64 Å². The first-order valence-corrected chi connectivity index (χ1v) is 7.90. The summed E-state index contributed by atoms with van der Waals surface area (Å²) in [7, 11) is 3.38. The predicted octanol–water partition coefficient (Wildman–Crippen LogP) is 3.38. The zero-order chi connectivity index (χ0) is 17.0. The van der Waals surface area contributed by atoms with Crippen LogP contribution in [-0.4, -0.2) is 34.2 Å². The lowest BCUT2D eigenvalue weighted by molar-refractivity contribution is 0.0716. The zero-order valence-corrected chi connectivity index (χ0v) is 14.7. The van der Waals surface area contributed by atoms with E-state index in [9.17, 15) is 4.79 Å². The number of hydrogen-bond donors (Lipinski definition) is 0. The van der Waals surface area contributed by atoms with Crippen molar-refractivity contribution in [2.24, 2.45) is 13.0 Å². The summed E-state index contributed by atoms with van der Waals surface area (Å²) in [6, 6.07) is 7.71. The average Bonchev–Trinajstić information content (AvgIpc) is 2.84. The normalized spacial score (nSPS) is 10.9. The number of hydrogen-bond acceptors (Lipinski definition) is 3. The number of nitrogens with zero attached hydrogens (tertiary/aromatic N) is 3. The van der Waals surface area contributed by atoms with Crippen LogP contribution >= 0.6 is 11.6 Å². The quantitative estimate of drug-likeness (QED) is 0.813. The molecule has 0 aliphatic carbocycles. The smallest absolute Gasteiger partial charge is 0.276 e. The fourth-order valence-corrected chi connectivity index (χ4v) is 2.67. The first kappa shape index (κ1) is 17.3. The number of methoxy groups -OCH3 is 1. The molecule has 1 aromatic heterocycles. The van der Waals surface area contributed by atoms with Crippen molar-refractivity contribution in [1.82, 2.24) is 14.7 Å². The highest BCUT2D eigenvalue weighted by molar-refractivity contribution is 6.33. The largest absolute Gasteiger partial charge is 0.497 e. The summed E-state index contributed by atoms with van der Waals surface area (Å²) in [4.78, 5) is 14.6. The molecule has 6 heteroatoms. The third-order valence-corrected chi connectivity index (χ3v) is 3.64. The molecular weight excluding hydrogens is 314 g/mol. The molecule has 1 amide bonds. The van der Waals surface area contributed by atoms with Crippen LogP contribution in [0.5, 0.6) is 5.75 Å². The van der Waals surface area contributed by atoms with Crippen molar-refractivity contribution >= 4 is 17.5 Å². The molecule has 0 aliphatic rings. The van der Waals surface area contributed by atoms with Gasteiger partial charge in [-0.2, -0.15) is 5.10 Å². The van der Waals surface area contributed by atoms with Crippen LogP contribution < -0.4 is 4.74 Å². The van der Waals surface area contributed by atoms with Gasteiger partial charge in [-0.05, 0) is 23.6 Å². The monoisotopic (exact) mass is 335 g/mol. The fourth-order valence-electron chi connectivity index (χ4n) is 2.41. The van der Waals surface area contributed by atoms with Gasteiger partial charge in [-0.1, -0.05) is 37.6 Å². The van der Waals surface area contributed by atoms with E-state index in [-0.39, 0.29) is 11.6 Å². The number of amides is 1. The Kier molecular flexibility index (Phi) is 5.66. The van der Waals surface area contributed by atoms with Gasteiger partial charge in [-0.25, -0.2) is 0 Å². The van der Waals surface area contributed by atoms with Gasteiger partial charge >= 0.3 is 0 Å². The summed E-state index contributed by atoms with van der Waals surface area (Å²) >= 11 is 6.12. The Morgan fingerprint density at radius 2 is 2.17 bits per heavy atom. The van der Waals surface area contributed by atoms with Gasteiger partial charge in [0.15, 0.2) is 5.69 Å². The molecule has 0 saturated heterocycles. The maximum absolute atomic E-state index is 12.8. The van der Waals surface area contributed by atoms with Crippen molar-refractivity contribution in [2.45, 2.75) is 20.4 Å². The summed E-state index contributed by atoms with van der Waals surface area (Å²) in [6.07, 6.45) is 1.63. The molecule has 0 spiro atoms. The Labute approximate surface area is 141 Å².